The van der Waals surface area contributed by atoms with E-state index in [1.807, 2.05) is 6.07 Å². The van der Waals surface area contributed by atoms with Crippen LogP contribution >= 0.6 is 0 Å². The van der Waals surface area contributed by atoms with Crippen molar-refractivity contribution < 1.29 is 14.3 Å². The van der Waals surface area contributed by atoms with Gasteiger partial charge in [0.2, 0.25) is 11.8 Å². The van der Waals surface area contributed by atoms with E-state index in [1.54, 1.807) is 7.11 Å². The van der Waals surface area contributed by atoms with Gasteiger partial charge < -0.3 is 21.1 Å². The second-order valence-electron chi connectivity index (χ2n) is 10.9. The Bertz CT molecular complexity index is 1260. The van der Waals surface area contributed by atoms with Crippen LogP contribution in [0.3, 0.4) is 0 Å². The van der Waals surface area contributed by atoms with E-state index in [9.17, 15) is 9.59 Å². The maximum atomic E-state index is 13.3. The van der Waals surface area contributed by atoms with Gasteiger partial charge in [-0.25, -0.2) is 0 Å². The predicted molar refractivity (Wildman–Crippen MR) is 157 cm³/mol. The number of nitrogens with one attached hydrogen (secondary N) is 2. The highest BCUT2D eigenvalue weighted by Gasteiger charge is 2.52. The summed E-state index contributed by atoms with van der Waals surface area (Å²) < 4.78 is 5.72. The van der Waals surface area contributed by atoms with Gasteiger partial charge in [-0.1, -0.05) is 79.7 Å². The highest BCUT2D eigenvalue weighted by molar-refractivity contribution is 5.85. The Morgan fingerprint density at radius 3 is 2.30 bits per heavy atom. The van der Waals surface area contributed by atoms with Crippen LogP contribution in [0.5, 0.6) is 5.75 Å². The van der Waals surface area contributed by atoms with E-state index >= 15 is 0 Å². The van der Waals surface area contributed by atoms with Crippen LogP contribution in [0, 0.1) is 11.8 Å². The van der Waals surface area contributed by atoms with E-state index < -0.39 is 5.91 Å². The van der Waals surface area contributed by atoms with Crippen LogP contribution in [-0.4, -0.2) is 55.5 Å². The average molecular weight is 541 g/mol. The molecule has 5 atom stereocenters. The molecule has 210 valence electrons. The molecule has 40 heavy (non-hydrogen) atoms. The Balaban J connectivity index is 1.52. The van der Waals surface area contributed by atoms with Crippen molar-refractivity contribution in [3.05, 3.63) is 101 Å². The lowest BCUT2D eigenvalue weighted by molar-refractivity contribution is -0.136. The number of fused-ring (bicyclic) bond motifs is 3. The monoisotopic (exact) mass is 540 g/mol. The van der Waals surface area contributed by atoms with E-state index in [4.69, 9.17) is 10.5 Å². The number of carbonyl (C=O) groups is 2. The largest absolute Gasteiger partial charge is 0.496 e. The quantitative estimate of drug-likeness (QED) is 0.346. The SMILES string of the molecule is CCc1ccc(OC)c(CN[C@H]2[C@H]3CCN(C[C@@H]3C(=O)NCC(N)=O)[C@H]2C(c2ccccc2)c2ccccc2)c1. The summed E-state index contributed by atoms with van der Waals surface area (Å²) in [7, 11) is 1.71. The molecule has 0 saturated carbocycles. The molecule has 3 aromatic carbocycles. The second kappa shape index (κ2) is 12.7. The molecule has 3 saturated heterocycles. The molecular weight excluding hydrogens is 500 g/mol. The van der Waals surface area contributed by atoms with Gasteiger partial charge in [-0.3, -0.25) is 14.5 Å². The summed E-state index contributed by atoms with van der Waals surface area (Å²) in [5.74, 6) is 0.247. The number of carbonyl (C=O) groups excluding carboxylic acids is 2. The summed E-state index contributed by atoms with van der Waals surface area (Å²) in [6.07, 6.45) is 1.86. The number of hydrogen-bond donors (Lipinski definition) is 3. The number of primary amides is 1. The van der Waals surface area contributed by atoms with Gasteiger partial charge in [-0.05, 0) is 48.1 Å². The minimum Gasteiger partial charge on any atom is -0.496 e. The van der Waals surface area contributed by atoms with Gasteiger partial charge in [0.15, 0.2) is 0 Å². The van der Waals surface area contributed by atoms with Crippen LogP contribution in [-0.2, 0) is 22.6 Å². The number of benzene rings is 3. The smallest absolute Gasteiger partial charge is 0.236 e. The number of ether oxygens (including phenoxy) is 1. The van der Waals surface area contributed by atoms with E-state index in [0.29, 0.717) is 13.1 Å². The normalized spacial score (nSPS) is 23.6. The van der Waals surface area contributed by atoms with Crippen LogP contribution in [0.2, 0.25) is 0 Å². The molecule has 3 aromatic rings. The van der Waals surface area contributed by atoms with Gasteiger partial charge in [0.1, 0.15) is 5.75 Å². The predicted octanol–water partition coefficient (Wildman–Crippen LogP) is 3.47. The summed E-state index contributed by atoms with van der Waals surface area (Å²) in [5.41, 5.74) is 10.2. The van der Waals surface area contributed by atoms with Crippen LogP contribution in [0.4, 0.5) is 0 Å². The molecule has 7 heteroatoms. The van der Waals surface area contributed by atoms with Crippen LogP contribution < -0.4 is 21.1 Å². The van der Waals surface area contributed by atoms with Gasteiger partial charge in [0.05, 0.1) is 19.6 Å². The van der Waals surface area contributed by atoms with E-state index in [2.05, 4.69) is 95.3 Å². The maximum Gasteiger partial charge on any atom is 0.236 e. The zero-order valence-electron chi connectivity index (χ0n) is 23.4. The molecular formula is C33H40N4O3. The Morgan fingerprint density at radius 2 is 1.70 bits per heavy atom. The molecule has 4 N–H and O–H groups in total. The Labute approximate surface area is 237 Å². The minimum absolute atomic E-state index is 0.0345. The molecule has 0 radical (unpaired) electrons. The van der Waals surface area contributed by atoms with Crippen LogP contribution in [0.25, 0.3) is 0 Å². The molecule has 7 nitrogen and oxygen atoms in total. The topological polar surface area (TPSA) is 96.7 Å². The Kier molecular flexibility index (Phi) is 8.82. The fraction of sp³-hybridized carbons (Fsp3) is 0.394. The lowest BCUT2D eigenvalue weighted by Gasteiger charge is -2.56. The minimum atomic E-state index is -0.529. The third kappa shape index (κ3) is 5.91. The zero-order chi connectivity index (χ0) is 28.1. The fourth-order valence-electron chi connectivity index (χ4n) is 6.77. The summed E-state index contributed by atoms with van der Waals surface area (Å²) in [4.78, 5) is 27.2. The van der Waals surface area contributed by atoms with E-state index in [1.165, 1.54) is 16.7 Å². The summed E-state index contributed by atoms with van der Waals surface area (Å²) in [5, 5.41) is 6.71. The number of nitrogens with two attached hydrogens (primary N) is 1. The summed E-state index contributed by atoms with van der Waals surface area (Å²) in [6.45, 7) is 4.23. The van der Waals surface area contributed by atoms with Crippen molar-refractivity contribution >= 4 is 11.8 Å². The number of rotatable bonds is 11. The van der Waals surface area contributed by atoms with Gasteiger partial charge >= 0.3 is 0 Å². The number of methoxy groups -OCH3 is 1. The fourth-order valence-corrected chi connectivity index (χ4v) is 6.77. The molecule has 1 unspecified atom stereocenters. The lowest BCUT2D eigenvalue weighted by atomic mass is 9.66. The molecule has 6 rings (SSSR count). The van der Waals surface area contributed by atoms with Crippen molar-refractivity contribution in [3.63, 3.8) is 0 Å². The molecule has 2 bridgehead atoms. The first kappa shape index (κ1) is 27.9. The molecule has 3 aliphatic heterocycles. The summed E-state index contributed by atoms with van der Waals surface area (Å²) in [6, 6.07) is 27.9. The van der Waals surface area contributed by atoms with Crippen LogP contribution in [0.1, 0.15) is 41.5 Å². The third-order valence-electron chi connectivity index (χ3n) is 8.66. The summed E-state index contributed by atoms with van der Waals surface area (Å²) >= 11 is 0. The maximum absolute atomic E-state index is 13.3. The first-order valence-corrected chi connectivity index (χ1v) is 14.3. The average Bonchev–Trinajstić information content (AvgIpc) is 3.00. The first-order valence-electron chi connectivity index (χ1n) is 14.3. The molecule has 0 aromatic heterocycles. The van der Waals surface area contributed by atoms with Gasteiger partial charge in [0.25, 0.3) is 0 Å². The van der Waals surface area contributed by atoms with E-state index in [0.717, 1.165) is 30.7 Å². The van der Waals surface area contributed by atoms with Crippen molar-refractivity contribution in [2.45, 2.75) is 44.3 Å². The van der Waals surface area contributed by atoms with Crippen molar-refractivity contribution in [2.24, 2.45) is 17.6 Å². The molecule has 2 amide bonds. The van der Waals surface area contributed by atoms with Crippen LogP contribution in [0.15, 0.2) is 78.9 Å². The molecule has 3 heterocycles. The number of piperidine rings is 3. The van der Waals surface area contributed by atoms with Crippen molar-refractivity contribution in [1.29, 1.82) is 0 Å². The standard InChI is InChI=1S/C33H40N4O3/c1-3-22-14-15-28(40-2)25(18-22)19-35-31-26-16-17-37(21-27(26)33(39)36-20-29(34)38)32(31)30(23-10-6-4-7-11-23)24-12-8-5-9-13-24/h4-15,18,26-27,30-32,35H,3,16-17,19-21H2,1-2H3,(H2,34,38)(H,36,39)/t26-,27-,31-,32-/m0/s1. The van der Waals surface area contributed by atoms with Crippen molar-refractivity contribution in [2.75, 3.05) is 26.7 Å². The van der Waals surface area contributed by atoms with E-state index in [-0.39, 0.29) is 42.3 Å². The number of nitrogens with zero attached hydrogens (tertiary/aromatic N) is 1. The highest BCUT2D eigenvalue weighted by Crippen LogP contribution is 2.44. The number of hydrogen-bond acceptors (Lipinski definition) is 5. The number of amides is 2. The second-order valence-corrected chi connectivity index (χ2v) is 10.9. The van der Waals surface area contributed by atoms with Crippen molar-refractivity contribution in [1.82, 2.24) is 15.5 Å². The first-order chi connectivity index (χ1) is 19.5. The molecule has 3 aliphatic rings. The lowest BCUT2D eigenvalue weighted by Crippen LogP contribution is -2.69. The van der Waals surface area contributed by atoms with Gasteiger partial charge in [-0.2, -0.15) is 0 Å². The van der Waals surface area contributed by atoms with Gasteiger partial charge in [0, 0.05) is 36.7 Å². The Morgan fingerprint density at radius 1 is 1.02 bits per heavy atom. The molecule has 0 aliphatic carbocycles. The third-order valence-corrected chi connectivity index (χ3v) is 8.66. The van der Waals surface area contributed by atoms with Crippen molar-refractivity contribution in [3.8, 4) is 5.75 Å². The highest BCUT2D eigenvalue weighted by atomic mass is 16.5. The molecule has 0 spiro atoms. The number of aryl methyl sites for hydroxylation is 1. The molecule has 3 fully saturated rings. The zero-order valence-corrected chi connectivity index (χ0v) is 23.4. The Hall–Kier alpha value is -3.68. The van der Waals surface area contributed by atoms with Gasteiger partial charge in [-0.15, -0.1) is 0 Å².